The van der Waals surface area contributed by atoms with E-state index in [2.05, 4.69) is 0 Å². The molecule has 9 nitrogen and oxygen atoms in total. The summed E-state index contributed by atoms with van der Waals surface area (Å²) in [4.78, 5) is 34.0. The average molecular weight is 605 g/mol. The predicted octanol–water partition coefficient (Wildman–Crippen LogP) is 7.63. The maximum absolute atomic E-state index is 14.2. The number of thiazole rings is 1. The van der Waals surface area contributed by atoms with Gasteiger partial charge in [0, 0.05) is 5.39 Å². The van der Waals surface area contributed by atoms with E-state index < -0.39 is 23.5 Å². The molecule has 4 aromatic carbocycles. The largest absolute Gasteiger partial charge is 0.503 e. The lowest BCUT2D eigenvalue weighted by Gasteiger charge is -2.24. The highest BCUT2D eigenvalue weighted by atomic mass is 32.1. The average Bonchev–Trinajstić information content (AvgIpc) is 3.75. The first kappa shape index (κ1) is 27.2. The SMILES string of the molecule is COc1ccc2nc(N3C(=O)C(O)=C(C(=O)c4cc5cccc(OC)c5o4)C3c3cccc(Oc4ccccc4)c3)sc2c1. The first-order chi connectivity index (χ1) is 21.4. The lowest BCUT2D eigenvalue weighted by Crippen LogP contribution is -2.31. The number of amides is 1. The fraction of sp³-hybridized carbons (Fsp3) is 0.0882. The Morgan fingerprint density at radius 3 is 2.48 bits per heavy atom. The number of methoxy groups -OCH3 is 2. The first-order valence-corrected chi connectivity index (χ1v) is 14.4. The van der Waals surface area contributed by atoms with Gasteiger partial charge in [-0.2, -0.15) is 0 Å². The molecule has 1 atom stereocenters. The van der Waals surface area contributed by atoms with Gasteiger partial charge in [0.25, 0.3) is 5.91 Å². The number of nitrogens with zero attached hydrogens (tertiary/aromatic N) is 2. The number of aliphatic hydroxyl groups is 1. The Morgan fingerprint density at radius 2 is 1.68 bits per heavy atom. The Labute approximate surface area is 255 Å². The van der Waals surface area contributed by atoms with E-state index in [1.54, 1.807) is 67.8 Å². The molecule has 1 aliphatic rings. The molecule has 0 fully saturated rings. The third-order valence-electron chi connectivity index (χ3n) is 7.35. The van der Waals surface area contributed by atoms with Crippen molar-refractivity contribution in [1.29, 1.82) is 0 Å². The smallest absolute Gasteiger partial charge is 0.296 e. The Hall–Kier alpha value is -5.61. The highest BCUT2D eigenvalue weighted by Gasteiger charge is 2.46. The number of para-hydroxylation sites is 2. The quantitative estimate of drug-likeness (QED) is 0.177. The van der Waals surface area contributed by atoms with E-state index in [9.17, 15) is 14.7 Å². The zero-order chi connectivity index (χ0) is 30.4. The molecule has 0 spiro atoms. The van der Waals surface area contributed by atoms with Gasteiger partial charge in [0.1, 0.15) is 17.2 Å². The third-order valence-corrected chi connectivity index (χ3v) is 8.37. The van der Waals surface area contributed by atoms with Gasteiger partial charge < -0.3 is 23.7 Å². The molecule has 1 N–H and O–H groups in total. The van der Waals surface area contributed by atoms with Gasteiger partial charge in [0.05, 0.1) is 36.1 Å². The van der Waals surface area contributed by atoms with Crippen LogP contribution in [0.25, 0.3) is 21.2 Å². The summed E-state index contributed by atoms with van der Waals surface area (Å²) < 4.78 is 23.5. The summed E-state index contributed by atoms with van der Waals surface area (Å²) in [7, 11) is 3.08. The van der Waals surface area contributed by atoms with Crippen LogP contribution < -0.4 is 19.1 Å². The van der Waals surface area contributed by atoms with Gasteiger partial charge >= 0.3 is 0 Å². The van der Waals surface area contributed by atoms with E-state index in [4.69, 9.17) is 23.6 Å². The van der Waals surface area contributed by atoms with Crippen molar-refractivity contribution in [1.82, 2.24) is 4.98 Å². The molecule has 0 saturated heterocycles. The van der Waals surface area contributed by atoms with Gasteiger partial charge in [0.2, 0.25) is 5.78 Å². The molecule has 0 saturated carbocycles. The summed E-state index contributed by atoms with van der Waals surface area (Å²) in [5, 5.41) is 12.3. The maximum atomic E-state index is 14.2. The number of aromatic nitrogens is 1. The monoisotopic (exact) mass is 604 g/mol. The van der Waals surface area contributed by atoms with E-state index in [-0.39, 0.29) is 11.3 Å². The molecule has 218 valence electrons. The summed E-state index contributed by atoms with van der Waals surface area (Å²) in [6.07, 6.45) is 0. The number of ketones is 1. The predicted molar refractivity (Wildman–Crippen MR) is 166 cm³/mol. The minimum absolute atomic E-state index is 0.0450. The number of hydrogen-bond acceptors (Lipinski definition) is 9. The number of furan rings is 1. The summed E-state index contributed by atoms with van der Waals surface area (Å²) >= 11 is 1.25. The third kappa shape index (κ3) is 4.61. The van der Waals surface area contributed by atoms with Gasteiger partial charge in [-0.15, -0.1) is 0 Å². The molecule has 7 rings (SSSR count). The van der Waals surface area contributed by atoms with Crippen molar-refractivity contribution in [2.45, 2.75) is 6.04 Å². The maximum Gasteiger partial charge on any atom is 0.296 e. The van der Waals surface area contributed by atoms with Crippen LogP contribution in [0.1, 0.15) is 22.2 Å². The number of aliphatic hydroxyl groups excluding tert-OH is 1. The first-order valence-electron chi connectivity index (χ1n) is 13.6. The van der Waals surface area contributed by atoms with E-state index in [1.165, 1.54) is 23.3 Å². The summed E-state index contributed by atoms with van der Waals surface area (Å²) in [5.41, 5.74) is 1.42. The number of ether oxygens (including phenoxy) is 3. The van der Waals surface area contributed by atoms with Gasteiger partial charge in [-0.05, 0) is 60.2 Å². The van der Waals surface area contributed by atoms with Crippen LogP contribution in [0.3, 0.4) is 0 Å². The molecule has 2 aromatic heterocycles. The van der Waals surface area contributed by atoms with E-state index in [0.717, 1.165) is 4.70 Å². The van der Waals surface area contributed by atoms with Crippen LogP contribution in [0.4, 0.5) is 5.13 Å². The normalized spacial score (nSPS) is 14.9. The molecule has 44 heavy (non-hydrogen) atoms. The van der Waals surface area contributed by atoms with Gasteiger partial charge in [-0.3, -0.25) is 14.5 Å². The van der Waals surface area contributed by atoms with Crippen molar-refractivity contribution < 1.29 is 33.3 Å². The van der Waals surface area contributed by atoms with Gasteiger partial charge in [-0.25, -0.2) is 4.98 Å². The van der Waals surface area contributed by atoms with Crippen LogP contribution in [0.5, 0.6) is 23.0 Å². The van der Waals surface area contributed by atoms with Crippen LogP contribution >= 0.6 is 11.3 Å². The van der Waals surface area contributed by atoms with E-state index in [0.29, 0.717) is 50.2 Å². The standard InChI is InChI=1S/C34H24N2O7S/c1-40-22-14-15-24-27(18-22)44-34(35-24)36-29(19-8-6-12-23(16-19)42-21-10-4-3-5-11-21)28(31(38)33(36)39)30(37)26-17-20-9-7-13-25(41-2)32(20)43-26/h3-18,29,38H,1-2H3. The van der Waals surface area contributed by atoms with Crippen molar-refractivity contribution in [3.63, 3.8) is 0 Å². The molecule has 0 radical (unpaired) electrons. The number of benzene rings is 4. The summed E-state index contributed by atoms with van der Waals surface area (Å²) in [6, 6.07) is 27.5. The van der Waals surface area contributed by atoms with Crippen LogP contribution in [-0.2, 0) is 4.79 Å². The van der Waals surface area contributed by atoms with Crippen LogP contribution in [0, 0.1) is 0 Å². The number of Topliss-reactive ketones (excluding diaryl/α,β-unsaturated/α-hetero) is 1. The van der Waals surface area contributed by atoms with E-state index in [1.807, 2.05) is 36.4 Å². The molecule has 3 heterocycles. The number of carbonyl (C=O) groups is 2. The lowest BCUT2D eigenvalue weighted by molar-refractivity contribution is -0.117. The van der Waals surface area contributed by atoms with Crippen molar-refractivity contribution in [2.75, 3.05) is 19.1 Å². The molecule has 1 amide bonds. The molecule has 1 aliphatic heterocycles. The minimum atomic E-state index is -1.04. The minimum Gasteiger partial charge on any atom is -0.503 e. The van der Waals surface area contributed by atoms with Crippen molar-refractivity contribution >= 4 is 49.3 Å². The zero-order valence-electron chi connectivity index (χ0n) is 23.5. The number of hydrogen-bond donors (Lipinski definition) is 1. The highest BCUT2D eigenvalue weighted by molar-refractivity contribution is 7.22. The number of carbonyl (C=O) groups excluding carboxylic acids is 2. The topological polar surface area (TPSA) is 111 Å². The molecular formula is C34H24N2O7S. The van der Waals surface area contributed by atoms with Gasteiger partial charge in [-0.1, -0.05) is 53.8 Å². The summed E-state index contributed by atoms with van der Waals surface area (Å²) in [6.45, 7) is 0. The Balaban J connectivity index is 1.36. The lowest BCUT2D eigenvalue weighted by atomic mass is 9.95. The summed E-state index contributed by atoms with van der Waals surface area (Å²) in [5.74, 6) is 0.0779. The second kappa shape index (κ2) is 10.9. The van der Waals surface area contributed by atoms with E-state index >= 15 is 0 Å². The molecule has 0 aliphatic carbocycles. The van der Waals surface area contributed by atoms with Crippen molar-refractivity contribution in [2.24, 2.45) is 0 Å². The molecular weight excluding hydrogens is 580 g/mol. The Morgan fingerprint density at radius 1 is 0.886 bits per heavy atom. The molecule has 10 heteroatoms. The number of rotatable bonds is 8. The van der Waals surface area contributed by atoms with Crippen LogP contribution in [-0.4, -0.2) is 36.0 Å². The number of fused-ring (bicyclic) bond motifs is 2. The molecule has 6 aromatic rings. The Kier molecular flexibility index (Phi) is 6.75. The second-order valence-corrected chi connectivity index (χ2v) is 11.0. The van der Waals surface area contributed by atoms with Crippen LogP contribution in [0.15, 0.2) is 113 Å². The number of anilines is 1. The highest BCUT2D eigenvalue weighted by Crippen LogP contribution is 2.45. The van der Waals surface area contributed by atoms with Gasteiger partial charge in [0.15, 0.2) is 28.0 Å². The zero-order valence-corrected chi connectivity index (χ0v) is 24.3. The van der Waals surface area contributed by atoms with Crippen molar-refractivity contribution in [3.05, 3.63) is 120 Å². The van der Waals surface area contributed by atoms with Crippen molar-refractivity contribution in [3.8, 4) is 23.0 Å². The van der Waals surface area contributed by atoms with Crippen LogP contribution in [0.2, 0.25) is 0 Å². The fourth-order valence-electron chi connectivity index (χ4n) is 5.29. The molecule has 1 unspecified atom stereocenters. The Bertz CT molecular complexity index is 2100. The fourth-order valence-corrected chi connectivity index (χ4v) is 6.31. The second-order valence-electron chi connectivity index (χ2n) is 9.98. The molecule has 0 bridgehead atoms.